The molecule has 132 valence electrons. The van der Waals surface area contributed by atoms with Gasteiger partial charge in [0.2, 0.25) is 5.91 Å². The maximum atomic E-state index is 12.8. The largest absolute Gasteiger partial charge is 0.416 e. The van der Waals surface area contributed by atoms with Gasteiger partial charge in [-0.3, -0.25) is 4.79 Å². The summed E-state index contributed by atoms with van der Waals surface area (Å²) in [6.07, 6.45) is -4.39. The molecule has 0 aliphatic rings. The second kappa shape index (κ2) is 8.52. The minimum Gasteiger partial charge on any atom is -0.383 e. The summed E-state index contributed by atoms with van der Waals surface area (Å²) in [5.41, 5.74) is 4.71. The zero-order valence-electron chi connectivity index (χ0n) is 13.2. The summed E-state index contributed by atoms with van der Waals surface area (Å²) in [5, 5.41) is 2.64. The normalized spacial score (nSPS) is 13.2. The van der Waals surface area contributed by atoms with Crippen molar-refractivity contribution in [2.45, 2.75) is 31.5 Å². The molecular weight excluding hydrogens is 333 g/mol. The Morgan fingerprint density at radius 3 is 2.39 bits per heavy atom. The maximum absolute atomic E-state index is 12.8. The van der Waals surface area contributed by atoms with Crippen molar-refractivity contribution < 1.29 is 22.7 Å². The van der Waals surface area contributed by atoms with Crippen molar-refractivity contribution in [1.82, 2.24) is 5.32 Å². The van der Waals surface area contributed by atoms with E-state index >= 15 is 0 Å². The summed E-state index contributed by atoms with van der Waals surface area (Å²) in [6, 6.07) is 4.28. The first-order chi connectivity index (χ1) is 10.1. The summed E-state index contributed by atoms with van der Waals surface area (Å²) >= 11 is 0. The summed E-state index contributed by atoms with van der Waals surface area (Å²) in [5.74, 6) is -0.401. The van der Waals surface area contributed by atoms with Gasteiger partial charge in [-0.1, -0.05) is 32.0 Å². The fourth-order valence-electron chi connectivity index (χ4n) is 1.91. The molecule has 0 aliphatic carbocycles. The lowest BCUT2D eigenvalue weighted by Crippen LogP contribution is -2.47. The standard InChI is InChI=1S/C15H21F3N2O2.ClH/c1-14(2,9-20-13(21)12(19)8-22-3)10-5-4-6-11(7-10)15(16,17)18;/h4-7,12H,8-9,19H2,1-3H3,(H,20,21);1H. The molecule has 0 bridgehead atoms. The molecule has 1 rings (SSSR count). The molecule has 1 aromatic carbocycles. The van der Waals surface area contributed by atoms with Gasteiger partial charge >= 0.3 is 6.18 Å². The maximum Gasteiger partial charge on any atom is 0.416 e. The highest BCUT2D eigenvalue weighted by Crippen LogP contribution is 2.32. The average molecular weight is 355 g/mol. The lowest BCUT2D eigenvalue weighted by atomic mass is 9.83. The van der Waals surface area contributed by atoms with Crippen molar-refractivity contribution in [2.75, 3.05) is 20.3 Å². The van der Waals surface area contributed by atoms with Crippen molar-refractivity contribution in [3.8, 4) is 0 Å². The van der Waals surface area contributed by atoms with E-state index in [0.717, 1.165) is 12.1 Å². The van der Waals surface area contributed by atoms with E-state index in [0.29, 0.717) is 5.56 Å². The van der Waals surface area contributed by atoms with Crippen molar-refractivity contribution in [1.29, 1.82) is 0 Å². The van der Waals surface area contributed by atoms with Crippen LogP contribution in [0.2, 0.25) is 0 Å². The first kappa shape index (κ1) is 21.7. The number of carbonyl (C=O) groups is 1. The first-order valence-corrected chi connectivity index (χ1v) is 6.78. The molecule has 8 heteroatoms. The molecule has 0 radical (unpaired) electrons. The van der Waals surface area contributed by atoms with Crippen LogP contribution in [0, 0.1) is 0 Å². The number of carbonyl (C=O) groups excluding carboxylic acids is 1. The molecular formula is C15H22ClF3N2O2. The van der Waals surface area contributed by atoms with Crippen LogP contribution < -0.4 is 11.1 Å². The summed E-state index contributed by atoms with van der Waals surface area (Å²) < 4.78 is 43.1. The third-order valence-electron chi connectivity index (χ3n) is 3.36. The van der Waals surface area contributed by atoms with Crippen LogP contribution in [0.3, 0.4) is 0 Å². The highest BCUT2D eigenvalue weighted by Gasteiger charge is 2.32. The quantitative estimate of drug-likeness (QED) is 0.825. The van der Waals surface area contributed by atoms with Gasteiger partial charge in [0.1, 0.15) is 6.04 Å². The van der Waals surface area contributed by atoms with Crippen molar-refractivity contribution in [3.05, 3.63) is 35.4 Å². The molecule has 0 fully saturated rings. The molecule has 0 saturated carbocycles. The van der Waals surface area contributed by atoms with E-state index in [-0.39, 0.29) is 25.6 Å². The molecule has 0 heterocycles. The van der Waals surface area contributed by atoms with Crippen LogP contribution >= 0.6 is 12.4 Å². The fraction of sp³-hybridized carbons (Fsp3) is 0.533. The smallest absolute Gasteiger partial charge is 0.383 e. The number of amides is 1. The van der Waals surface area contributed by atoms with Gasteiger partial charge in [-0.05, 0) is 11.6 Å². The first-order valence-electron chi connectivity index (χ1n) is 6.78. The number of benzene rings is 1. The Labute approximate surface area is 140 Å². The third kappa shape index (κ3) is 6.37. The second-order valence-corrected chi connectivity index (χ2v) is 5.74. The highest BCUT2D eigenvalue weighted by atomic mass is 35.5. The van der Waals surface area contributed by atoms with Gasteiger partial charge in [-0.15, -0.1) is 12.4 Å². The van der Waals surface area contributed by atoms with Crippen molar-refractivity contribution in [2.24, 2.45) is 5.73 Å². The van der Waals surface area contributed by atoms with E-state index in [4.69, 9.17) is 10.5 Å². The van der Waals surface area contributed by atoms with E-state index in [2.05, 4.69) is 5.32 Å². The fourth-order valence-corrected chi connectivity index (χ4v) is 1.91. The molecule has 3 N–H and O–H groups in total. The number of nitrogens with two attached hydrogens (primary N) is 1. The predicted molar refractivity (Wildman–Crippen MR) is 84.6 cm³/mol. The number of methoxy groups -OCH3 is 1. The van der Waals surface area contributed by atoms with E-state index in [1.54, 1.807) is 19.9 Å². The van der Waals surface area contributed by atoms with Crippen LogP contribution in [0.5, 0.6) is 0 Å². The Hall–Kier alpha value is -1.31. The average Bonchev–Trinajstić information content (AvgIpc) is 2.44. The molecule has 23 heavy (non-hydrogen) atoms. The van der Waals surface area contributed by atoms with Gasteiger partial charge in [0.05, 0.1) is 12.2 Å². The van der Waals surface area contributed by atoms with Crippen LogP contribution in [0.4, 0.5) is 13.2 Å². The van der Waals surface area contributed by atoms with Gasteiger partial charge in [0.25, 0.3) is 0 Å². The molecule has 0 aromatic heterocycles. The molecule has 0 spiro atoms. The van der Waals surface area contributed by atoms with Gasteiger partial charge in [-0.2, -0.15) is 13.2 Å². The van der Waals surface area contributed by atoms with Crippen LogP contribution in [0.1, 0.15) is 25.0 Å². The third-order valence-corrected chi connectivity index (χ3v) is 3.36. The van der Waals surface area contributed by atoms with Crippen molar-refractivity contribution in [3.63, 3.8) is 0 Å². The molecule has 1 amide bonds. The van der Waals surface area contributed by atoms with Gasteiger partial charge in [-0.25, -0.2) is 0 Å². The Kier molecular flexibility index (Phi) is 8.03. The molecule has 1 aromatic rings. The molecule has 4 nitrogen and oxygen atoms in total. The number of halogens is 4. The molecule has 0 saturated heterocycles. The van der Waals surface area contributed by atoms with Gasteiger partial charge in [0.15, 0.2) is 0 Å². The Morgan fingerprint density at radius 2 is 1.87 bits per heavy atom. The number of nitrogens with one attached hydrogen (secondary N) is 1. The summed E-state index contributed by atoms with van der Waals surface area (Å²) in [4.78, 5) is 11.7. The monoisotopic (exact) mass is 354 g/mol. The lowest BCUT2D eigenvalue weighted by molar-refractivity contribution is -0.137. The lowest BCUT2D eigenvalue weighted by Gasteiger charge is -2.27. The Morgan fingerprint density at radius 1 is 1.30 bits per heavy atom. The van der Waals surface area contributed by atoms with Crippen LogP contribution in [0.15, 0.2) is 24.3 Å². The van der Waals surface area contributed by atoms with Gasteiger partial charge < -0.3 is 15.8 Å². The van der Waals surface area contributed by atoms with Gasteiger partial charge in [0, 0.05) is 19.1 Å². The Bertz CT molecular complexity index is 522. The molecule has 1 atom stereocenters. The minimum atomic E-state index is -4.39. The van der Waals surface area contributed by atoms with Crippen LogP contribution in [0.25, 0.3) is 0 Å². The van der Waals surface area contributed by atoms with Crippen molar-refractivity contribution >= 4 is 18.3 Å². The SMILES string of the molecule is COCC(N)C(=O)NCC(C)(C)c1cccc(C(F)(F)F)c1.Cl. The summed E-state index contributed by atoms with van der Waals surface area (Å²) in [6.45, 7) is 3.76. The number of hydrogen-bond acceptors (Lipinski definition) is 3. The predicted octanol–water partition coefficient (Wildman–Crippen LogP) is 2.49. The minimum absolute atomic E-state index is 0. The van der Waals surface area contributed by atoms with Crippen LogP contribution in [-0.4, -0.2) is 32.2 Å². The van der Waals surface area contributed by atoms with E-state index in [1.165, 1.54) is 13.2 Å². The number of rotatable bonds is 6. The highest BCUT2D eigenvalue weighted by molar-refractivity contribution is 5.85. The number of ether oxygens (including phenoxy) is 1. The summed E-state index contributed by atoms with van der Waals surface area (Å²) in [7, 11) is 1.43. The molecule has 0 aliphatic heterocycles. The number of hydrogen-bond donors (Lipinski definition) is 2. The second-order valence-electron chi connectivity index (χ2n) is 5.74. The van der Waals surface area contributed by atoms with Crippen LogP contribution in [-0.2, 0) is 21.1 Å². The topological polar surface area (TPSA) is 64.3 Å². The molecule has 1 unspecified atom stereocenters. The zero-order valence-corrected chi connectivity index (χ0v) is 14.1. The van der Waals surface area contributed by atoms with E-state index in [1.807, 2.05) is 0 Å². The van der Waals surface area contributed by atoms with E-state index < -0.39 is 29.1 Å². The zero-order chi connectivity index (χ0) is 17.0. The Balaban J connectivity index is 0.00000484. The number of alkyl halides is 3. The van der Waals surface area contributed by atoms with E-state index in [9.17, 15) is 18.0 Å².